The van der Waals surface area contributed by atoms with Gasteiger partial charge >= 0.3 is 5.97 Å². The molecule has 4 rings (SSSR count). The molecule has 1 aromatic carbocycles. The number of ether oxygens (including phenoxy) is 1. The zero-order valence-electron chi connectivity index (χ0n) is 17.5. The molecule has 0 aliphatic carbocycles. The van der Waals surface area contributed by atoms with Crippen molar-refractivity contribution in [3.05, 3.63) is 70.2 Å². The highest BCUT2D eigenvalue weighted by Crippen LogP contribution is 2.28. The van der Waals surface area contributed by atoms with Crippen LogP contribution < -0.4 is 5.32 Å². The second kappa shape index (κ2) is 9.50. The highest BCUT2D eigenvalue weighted by atomic mass is 35.5. The molecule has 0 radical (unpaired) electrons. The predicted octanol–water partition coefficient (Wildman–Crippen LogP) is 4.69. The number of carbonyl (C=O) groups excluding carboxylic acids is 2. The maximum absolute atomic E-state index is 13.0. The maximum atomic E-state index is 13.0. The number of thiophene rings is 1. The molecule has 0 aliphatic heterocycles. The van der Waals surface area contributed by atoms with Gasteiger partial charge < -0.3 is 10.1 Å². The first-order valence-corrected chi connectivity index (χ1v) is 11.4. The van der Waals surface area contributed by atoms with E-state index in [4.69, 9.17) is 16.3 Å². The Kier molecular flexibility index (Phi) is 6.53. The monoisotopic (exact) mass is 468 g/mol. The molecular formula is C23H21ClN4O3S. The largest absolute Gasteiger partial charge is 0.449 e. The van der Waals surface area contributed by atoms with Crippen LogP contribution in [0.25, 0.3) is 21.6 Å². The number of rotatable bonds is 7. The van der Waals surface area contributed by atoms with Crippen LogP contribution >= 0.6 is 22.9 Å². The molecule has 0 bridgehead atoms. The Hall–Kier alpha value is -3.23. The van der Waals surface area contributed by atoms with Gasteiger partial charge in [-0.15, -0.1) is 11.3 Å². The Balaban J connectivity index is 1.53. The Morgan fingerprint density at radius 3 is 2.72 bits per heavy atom. The average molecular weight is 469 g/mol. The van der Waals surface area contributed by atoms with Crippen molar-refractivity contribution in [3.8, 4) is 10.6 Å². The number of carbonyl (C=O) groups is 2. The van der Waals surface area contributed by atoms with Crippen molar-refractivity contribution in [3.63, 3.8) is 0 Å². The summed E-state index contributed by atoms with van der Waals surface area (Å²) < 4.78 is 7.22. The number of fused-ring (bicyclic) bond motifs is 1. The minimum absolute atomic E-state index is 0.309. The van der Waals surface area contributed by atoms with Crippen LogP contribution in [0.3, 0.4) is 0 Å². The summed E-state index contributed by atoms with van der Waals surface area (Å²) in [5, 5.41) is 10.3. The summed E-state index contributed by atoms with van der Waals surface area (Å²) in [4.78, 5) is 31.1. The number of pyridine rings is 1. The van der Waals surface area contributed by atoms with Gasteiger partial charge in [0, 0.05) is 18.1 Å². The molecule has 1 atom stereocenters. The van der Waals surface area contributed by atoms with E-state index in [2.05, 4.69) is 15.4 Å². The number of hydrogen-bond donors (Lipinski definition) is 1. The van der Waals surface area contributed by atoms with Crippen LogP contribution in [0.1, 0.15) is 29.8 Å². The minimum Gasteiger partial charge on any atom is -0.449 e. The third-order valence-electron chi connectivity index (χ3n) is 4.94. The first kappa shape index (κ1) is 22.0. The molecule has 0 saturated heterocycles. The van der Waals surface area contributed by atoms with E-state index in [1.165, 1.54) is 11.3 Å². The molecule has 0 aliphatic rings. The van der Waals surface area contributed by atoms with Crippen molar-refractivity contribution in [2.24, 2.45) is 0 Å². The molecule has 0 saturated carbocycles. The molecule has 32 heavy (non-hydrogen) atoms. The smallest absolute Gasteiger partial charge is 0.339 e. The van der Waals surface area contributed by atoms with Gasteiger partial charge in [-0.05, 0) is 49.1 Å². The Labute approximate surface area is 194 Å². The van der Waals surface area contributed by atoms with Crippen LogP contribution in [0.5, 0.6) is 0 Å². The number of aromatic nitrogens is 3. The fourth-order valence-electron chi connectivity index (χ4n) is 3.21. The van der Waals surface area contributed by atoms with Gasteiger partial charge in [-0.25, -0.2) is 14.5 Å². The third kappa shape index (κ3) is 4.66. The molecule has 1 amide bonds. The number of nitrogens with one attached hydrogen (secondary N) is 1. The molecule has 4 aromatic rings. The normalized spacial score (nSPS) is 12.0. The average Bonchev–Trinajstić information content (AvgIpc) is 3.47. The number of halogens is 1. The second-order valence-electron chi connectivity index (χ2n) is 7.12. The standard InChI is InChI=1S/C23H21ClN4O3S/c1-3-28-21-18(13-26-28)17(11-19(27-21)20-5-4-10-32-20)23(30)31-14(2)22(29)25-12-15-6-8-16(24)9-7-15/h4-11,13-14H,3,12H2,1-2H3,(H,25,29). The molecule has 3 aromatic heterocycles. The van der Waals surface area contributed by atoms with Gasteiger partial charge in [0.05, 0.1) is 27.7 Å². The predicted molar refractivity (Wildman–Crippen MR) is 125 cm³/mol. The highest BCUT2D eigenvalue weighted by molar-refractivity contribution is 7.13. The van der Waals surface area contributed by atoms with Crippen LogP contribution in [0.4, 0.5) is 0 Å². The van der Waals surface area contributed by atoms with E-state index in [1.54, 1.807) is 36.0 Å². The van der Waals surface area contributed by atoms with Crippen LogP contribution in [-0.4, -0.2) is 32.7 Å². The SMILES string of the molecule is CCn1ncc2c(C(=O)OC(C)C(=O)NCc3ccc(Cl)cc3)cc(-c3cccs3)nc21. The molecule has 0 spiro atoms. The summed E-state index contributed by atoms with van der Waals surface area (Å²) in [6, 6.07) is 12.7. The number of benzene rings is 1. The van der Waals surface area contributed by atoms with Gasteiger partial charge in [0.1, 0.15) is 0 Å². The summed E-state index contributed by atoms with van der Waals surface area (Å²) in [6.07, 6.45) is 0.635. The summed E-state index contributed by atoms with van der Waals surface area (Å²) in [5.74, 6) is -0.985. The topological polar surface area (TPSA) is 86.1 Å². The van der Waals surface area contributed by atoms with E-state index in [0.29, 0.717) is 40.4 Å². The van der Waals surface area contributed by atoms with Crippen molar-refractivity contribution in [2.45, 2.75) is 33.0 Å². The number of nitrogens with zero attached hydrogens (tertiary/aromatic N) is 3. The number of esters is 1. The zero-order valence-corrected chi connectivity index (χ0v) is 19.1. The van der Waals surface area contributed by atoms with E-state index < -0.39 is 12.1 Å². The molecular weight excluding hydrogens is 448 g/mol. The highest BCUT2D eigenvalue weighted by Gasteiger charge is 2.23. The van der Waals surface area contributed by atoms with E-state index in [1.807, 2.05) is 36.6 Å². The van der Waals surface area contributed by atoms with Crippen molar-refractivity contribution >= 4 is 45.8 Å². The van der Waals surface area contributed by atoms with Crippen molar-refractivity contribution in [1.82, 2.24) is 20.1 Å². The number of aryl methyl sites for hydroxylation is 1. The first-order chi connectivity index (χ1) is 15.5. The van der Waals surface area contributed by atoms with E-state index in [-0.39, 0.29) is 5.91 Å². The molecule has 1 N–H and O–H groups in total. The Morgan fingerprint density at radius 2 is 2.03 bits per heavy atom. The van der Waals surface area contributed by atoms with E-state index in [0.717, 1.165) is 10.4 Å². The molecule has 1 unspecified atom stereocenters. The van der Waals surface area contributed by atoms with Crippen molar-refractivity contribution in [1.29, 1.82) is 0 Å². The summed E-state index contributed by atoms with van der Waals surface area (Å²) in [5.41, 5.74) is 2.49. The van der Waals surface area contributed by atoms with Crippen LogP contribution in [-0.2, 0) is 22.6 Å². The van der Waals surface area contributed by atoms with Crippen LogP contribution in [0.15, 0.2) is 54.0 Å². The first-order valence-electron chi connectivity index (χ1n) is 10.1. The Bertz CT molecular complexity index is 1250. The zero-order chi connectivity index (χ0) is 22.7. The quantitative estimate of drug-likeness (QED) is 0.397. The van der Waals surface area contributed by atoms with E-state index in [9.17, 15) is 9.59 Å². The van der Waals surface area contributed by atoms with Gasteiger partial charge in [0.15, 0.2) is 11.8 Å². The summed E-state index contributed by atoms with van der Waals surface area (Å²) in [6.45, 7) is 4.42. The lowest BCUT2D eigenvalue weighted by atomic mass is 10.1. The molecule has 164 valence electrons. The van der Waals surface area contributed by atoms with Crippen molar-refractivity contribution in [2.75, 3.05) is 0 Å². The lowest BCUT2D eigenvalue weighted by Gasteiger charge is -2.14. The fourth-order valence-corrected chi connectivity index (χ4v) is 4.02. The Morgan fingerprint density at radius 1 is 1.25 bits per heavy atom. The summed E-state index contributed by atoms with van der Waals surface area (Å²) >= 11 is 7.41. The lowest BCUT2D eigenvalue weighted by Crippen LogP contribution is -2.35. The van der Waals surface area contributed by atoms with Gasteiger partial charge in [0.2, 0.25) is 0 Å². The van der Waals surface area contributed by atoms with Crippen molar-refractivity contribution < 1.29 is 14.3 Å². The van der Waals surface area contributed by atoms with Gasteiger partial charge in [-0.2, -0.15) is 5.10 Å². The lowest BCUT2D eigenvalue weighted by molar-refractivity contribution is -0.129. The van der Waals surface area contributed by atoms with Gasteiger partial charge in [-0.1, -0.05) is 29.8 Å². The second-order valence-corrected chi connectivity index (χ2v) is 8.51. The maximum Gasteiger partial charge on any atom is 0.339 e. The number of amides is 1. The third-order valence-corrected chi connectivity index (χ3v) is 6.08. The molecule has 0 fully saturated rings. The van der Waals surface area contributed by atoms with Gasteiger partial charge in [0.25, 0.3) is 5.91 Å². The minimum atomic E-state index is -0.968. The molecule has 3 heterocycles. The van der Waals surface area contributed by atoms with Crippen LogP contribution in [0, 0.1) is 0 Å². The number of hydrogen-bond acceptors (Lipinski definition) is 6. The molecule has 9 heteroatoms. The molecule has 7 nitrogen and oxygen atoms in total. The van der Waals surface area contributed by atoms with E-state index >= 15 is 0 Å². The summed E-state index contributed by atoms with van der Waals surface area (Å²) in [7, 11) is 0. The fraction of sp³-hybridized carbons (Fsp3) is 0.217. The van der Waals surface area contributed by atoms with Crippen LogP contribution in [0.2, 0.25) is 5.02 Å². The van der Waals surface area contributed by atoms with Gasteiger partial charge in [-0.3, -0.25) is 4.79 Å².